The first-order valence-electron chi connectivity index (χ1n) is 6.46. The van der Waals surface area contributed by atoms with Gasteiger partial charge in [-0.25, -0.2) is 4.39 Å². The third kappa shape index (κ3) is 4.18. The zero-order valence-corrected chi connectivity index (χ0v) is 11.7. The summed E-state index contributed by atoms with van der Waals surface area (Å²) in [6.07, 6.45) is 0.150. The number of nitrogens with one attached hydrogen (secondary N) is 1. The topological polar surface area (TPSA) is 38.3 Å². The molecule has 21 heavy (non-hydrogen) atoms. The summed E-state index contributed by atoms with van der Waals surface area (Å²) in [6.45, 7) is 3.84. The van der Waals surface area contributed by atoms with Crippen LogP contribution < -0.4 is 10.1 Å². The highest BCUT2D eigenvalue weighted by Crippen LogP contribution is 2.18. The van der Waals surface area contributed by atoms with Crippen molar-refractivity contribution in [2.45, 2.75) is 6.42 Å². The van der Waals surface area contributed by atoms with Crippen LogP contribution in [0.4, 0.5) is 10.1 Å². The Bertz CT molecular complexity index is 633. The fourth-order valence-corrected chi connectivity index (χ4v) is 1.85. The average molecular weight is 285 g/mol. The molecule has 108 valence electrons. The summed E-state index contributed by atoms with van der Waals surface area (Å²) >= 11 is 0. The number of hydrogen-bond donors (Lipinski definition) is 1. The lowest BCUT2D eigenvalue weighted by Gasteiger charge is -2.10. The van der Waals surface area contributed by atoms with Gasteiger partial charge in [-0.3, -0.25) is 4.79 Å². The number of carbonyl (C=O) groups is 1. The van der Waals surface area contributed by atoms with E-state index in [1.165, 1.54) is 24.3 Å². The molecule has 0 amide bonds. The fourth-order valence-electron chi connectivity index (χ4n) is 1.85. The maximum atomic E-state index is 12.8. The van der Waals surface area contributed by atoms with Gasteiger partial charge in [-0.2, -0.15) is 0 Å². The number of ketones is 1. The number of anilines is 1. The van der Waals surface area contributed by atoms with Gasteiger partial charge in [0.2, 0.25) is 0 Å². The summed E-state index contributed by atoms with van der Waals surface area (Å²) in [5.74, 6) is 0.288. The Balaban J connectivity index is 1.94. The number of benzene rings is 2. The van der Waals surface area contributed by atoms with Crippen molar-refractivity contribution in [1.82, 2.24) is 0 Å². The monoisotopic (exact) mass is 285 g/mol. The zero-order chi connectivity index (χ0) is 15.2. The predicted molar refractivity (Wildman–Crippen MR) is 81.1 cm³/mol. The summed E-state index contributed by atoms with van der Waals surface area (Å²) in [7, 11) is 1.60. The predicted octanol–water partition coefficient (Wildman–Crippen LogP) is 4.03. The third-order valence-electron chi connectivity index (χ3n) is 2.95. The molecule has 2 aromatic carbocycles. The van der Waals surface area contributed by atoms with Crippen molar-refractivity contribution >= 4 is 11.5 Å². The Labute approximate surface area is 123 Å². The largest absolute Gasteiger partial charge is 0.497 e. The van der Waals surface area contributed by atoms with Crippen LogP contribution in [-0.2, 0) is 0 Å². The molecule has 0 heterocycles. The lowest BCUT2D eigenvalue weighted by Crippen LogP contribution is -2.06. The van der Waals surface area contributed by atoms with Crippen LogP contribution in [-0.4, -0.2) is 12.9 Å². The minimum absolute atomic E-state index is 0.110. The van der Waals surface area contributed by atoms with E-state index in [4.69, 9.17) is 4.74 Å². The van der Waals surface area contributed by atoms with Crippen LogP contribution in [0.25, 0.3) is 0 Å². The molecule has 2 rings (SSSR count). The van der Waals surface area contributed by atoms with Crippen molar-refractivity contribution in [1.29, 1.82) is 0 Å². The molecule has 0 atom stereocenters. The Hall–Kier alpha value is -2.62. The fraction of sp³-hybridized carbons (Fsp3) is 0.118. The van der Waals surface area contributed by atoms with Crippen molar-refractivity contribution in [3.63, 3.8) is 0 Å². The van der Waals surface area contributed by atoms with Crippen molar-refractivity contribution in [3.05, 3.63) is 72.2 Å². The molecule has 0 aromatic heterocycles. The van der Waals surface area contributed by atoms with E-state index in [1.807, 2.05) is 24.3 Å². The summed E-state index contributed by atoms with van der Waals surface area (Å²) < 4.78 is 17.9. The Kier molecular flexibility index (Phi) is 4.72. The molecule has 0 aliphatic carbocycles. The molecule has 0 aliphatic heterocycles. The van der Waals surface area contributed by atoms with Gasteiger partial charge in [0.25, 0.3) is 0 Å². The second-order valence-corrected chi connectivity index (χ2v) is 4.56. The molecule has 0 saturated heterocycles. The summed E-state index contributed by atoms with van der Waals surface area (Å²) in [6, 6.07) is 12.8. The number of ether oxygens (including phenoxy) is 1. The Morgan fingerprint density at radius 1 is 1.14 bits per heavy atom. The number of allylic oxidation sites excluding steroid dienone is 1. The highest BCUT2D eigenvalue weighted by Gasteiger charge is 2.08. The van der Waals surface area contributed by atoms with Gasteiger partial charge in [-0.15, -0.1) is 0 Å². The third-order valence-corrected chi connectivity index (χ3v) is 2.95. The lowest BCUT2D eigenvalue weighted by molar-refractivity contribution is 0.0993. The molecule has 2 aromatic rings. The molecule has 0 unspecified atom stereocenters. The van der Waals surface area contributed by atoms with Crippen LogP contribution >= 0.6 is 0 Å². The maximum Gasteiger partial charge on any atom is 0.168 e. The first-order valence-corrected chi connectivity index (χ1v) is 6.46. The number of rotatable bonds is 6. The van der Waals surface area contributed by atoms with Crippen molar-refractivity contribution < 1.29 is 13.9 Å². The number of Topliss-reactive ketones (excluding diaryl/α,β-unsaturated/α-hetero) is 1. The minimum Gasteiger partial charge on any atom is -0.497 e. The van der Waals surface area contributed by atoms with E-state index in [9.17, 15) is 9.18 Å². The zero-order valence-electron chi connectivity index (χ0n) is 11.7. The van der Waals surface area contributed by atoms with E-state index in [0.717, 1.165) is 11.4 Å². The van der Waals surface area contributed by atoms with E-state index in [1.54, 1.807) is 7.11 Å². The molecule has 0 bridgehead atoms. The van der Waals surface area contributed by atoms with Crippen LogP contribution in [0.2, 0.25) is 0 Å². The number of hydrogen-bond acceptors (Lipinski definition) is 3. The average Bonchev–Trinajstić information content (AvgIpc) is 2.48. The highest BCUT2D eigenvalue weighted by molar-refractivity contribution is 5.97. The van der Waals surface area contributed by atoms with Crippen LogP contribution in [0.15, 0.2) is 60.8 Å². The lowest BCUT2D eigenvalue weighted by atomic mass is 10.1. The Morgan fingerprint density at radius 3 is 2.33 bits per heavy atom. The van der Waals surface area contributed by atoms with E-state index in [2.05, 4.69) is 11.9 Å². The molecule has 0 spiro atoms. The van der Waals surface area contributed by atoms with Gasteiger partial charge in [-0.05, 0) is 48.5 Å². The molecular weight excluding hydrogens is 269 g/mol. The molecule has 0 aliphatic rings. The normalized spacial score (nSPS) is 10.0. The van der Waals surface area contributed by atoms with Gasteiger partial charge in [0, 0.05) is 16.9 Å². The minimum atomic E-state index is -0.360. The van der Waals surface area contributed by atoms with Crippen LogP contribution in [0.1, 0.15) is 16.8 Å². The Morgan fingerprint density at radius 2 is 1.76 bits per heavy atom. The molecule has 0 fully saturated rings. The van der Waals surface area contributed by atoms with Gasteiger partial charge in [0.1, 0.15) is 11.6 Å². The molecule has 3 nitrogen and oxygen atoms in total. The van der Waals surface area contributed by atoms with Gasteiger partial charge in [0.05, 0.1) is 13.5 Å². The molecule has 4 heteroatoms. The van der Waals surface area contributed by atoms with Gasteiger partial charge >= 0.3 is 0 Å². The van der Waals surface area contributed by atoms with Crippen LogP contribution in [0.3, 0.4) is 0 Å². The number of halogens is 1. The van der Waals surface area contributed by atoms with E-state index in [0.29, 0.717) is 11.3 Å². The second kappa shape index (κ2) is 6.70. The molecule has 1 N–H and O–H groups in total. The standard InChI is InChI=1S/C17H16FNO2/c1-12(19-15-7-9-16(21-2)10-8-15)11-17(20)13-3-5-14(18)6-4-13/h3-10,19H,1,11H2,2H3. The molecular formula is C17H16FNO2. The quantitative estimate of drug-likeness (QED) is 0.814. The molecule has 0 radical (unpaired) electrons. The van der Waals surface area contributed by atoms with E-state index < -0.39 is 0 Å². The summed E-state index contributed by atoms with van der Waals surface area (Å²) in [4.78, 5) is 12.0. The first kappa shape index (κ1) is 14.8. The SMILES string of the molecule is C=C(CC(=O)c1ccc(F)cc1)Nc1ccc(OC)cc1. The first-order chi connectivity index (χ1) is 10.1. The second-order valence-electron chi connectivity index (χ2n) is 4.56. The highest BCUT2D eigenvalue weighted by atomic mass is 19.1. The van der Waals surface area contributed by atoms with Crippen molar-refractivity contribution in [3.8, 4) is 5.75 Å². The smallest absolute Gasteiger partial charge is 0.168 e. The van der Waals surface area contributed by atoms with Crippen LogP contribution in [0, 0.1) is 5.82 Å². The van der Waals surface area contributed by atoms with Crippen molar-refractivity contribution in [2.75, 3.05) is 12.4 Å². The number of methoxy groups -OCH3 is 1. The van der Waals surface area contributed by atoms with E-state index in [-0.39, 0.29) is 18.0 Å². The molecule has 0 saturated carbocycles. The van der Waals surface area contributed by atoms with E-state index >= 15 is 0 Å². The van der Waals surface area contributed by atoms with Gasteiger partial charge in [-0.1, -0.05) is 6.58 Å². The van der Waals surface area contributed by atoms with Crippen molar-refractivity contribution in [2.24, 2.45) is 0 Å². The van der Waals surface area contributed by atoms with Crippen LogP contribution in [0.5, 0.6) is 5.75 Å². The van der Waals surface area contributed by atoms with Gasteiger partial charge in [0.15, 0.2) is 5.78 Å². The summed E-state index contributed by atoms with van der Waals surface area (Å²) in [5.41, 5.74) is 1.87. The summed E-state index contributed by atoms with van der Waals surface area (Å²) in [5, 5.41) is 3.06. The number of carbonyl (C=O) groups excluding carboxylic acids is 1. The van der Waals surface area contributed by atoms with Gasteiger partial charge < -0.3 is 10.1 Å². The maximum absolute atomic E-state index is 12.8.